The largest absolute Gasteiger partial charge is 0.487 e. The Labute approximate surface area is 122 Å². The lowest BCUT2D eigenvalue weighted by atomic mass is 10.2. The van der Waals surface area contributed by atoms with Crippen molar-refractivity contribution in [3.63, 3.8) is 0 Å². The van der Waals surface area contributed by atoms with Crippen LogP contribution in [0.25, 0.3) is 0 Å². The van der Waals surface area contributed by atoms with Gasteiger partial charge in [-0.15, -0.1) is 11.3 Å². The lowest BCUT2D eigenvalue weighted by Crippen LogP contribution is -2.31. The first-order valence-electron chi connectivity index (χ1n) is 5.89. The van der Waals surface area contributed by atoms with E-state index >= 15 is 0 Å². The molecule has 1 aromatic rings. The van der Waals surface area contributed by atoms with Gasteiger partial charge in [-0.3, -0.25) is 4.79 Å². The van der Waals surface area contributed by atoms with Crippen molar-refractivity contribution in [2.45, 2.75) is 32.9 Å². The molecular weight excluding hydrogens is 282 g/mol. The SMILES string of the molecule is CO.COc1sc(CNC(=O)OC(C)(C)C)cc1C=O. The van der Waals surface area contributed by atoms with Gasteiger partial charge < -0.3 is 19.9 Å². The van der Waals surface area contributed by atoms with Crippen LogP contribution >= 0.6 is 11.3 Å². The quantitative estimate of drug-likeness (QED) is 0.833. The average Bonchev–Trinajstić information content (AvgIpc) is 2.79. The predicted molar refractivity (Wildman–Crippen MR) is 77.5 cm³/mol. The van der Waals surface area contributed by atoms with Crippen molar-refractivity contribution >= 4 is 23.7 Å². The molecule has 20 heavy (non-hydrogen) atoms. The minimum absolute atomic E-state index is 0.309. The molecule has 0 radical (unpaired) electrons. The zero-order valence-electron chi connectivity index (χ0n) is 12.4. The maximum atomic E-state index is 11.4. The topological polar surface area (TPSA) is 84.9 Å². The molecule has 0 saturated heterocycles. The molecular formula is C13H21NO5S. The molecule has 6 nitrogen and oxygen atoms in total. The second-order valence-electron chi connectivity index (χ2n) is 4.63. The van der Waals surface area contributed by atoms with Crippen molar-refractivity contribution in [3.8, 4) is 5.06 Å². The Kier molecular flexibility index (Phi) is 7.86. The van der Waals surface area contributed by atoms with Crippen molar-refractivity contribution < 1.29 is 24.2 Å². The van der Waals surface area contributed by atoms with Gasteiger partial charge in [-0.1, -0.05) is 0 Å². The molecule has 0 aliphatic heterocycles. The number of hydrogen-bond acceptors (Lipinski definition) is 6. The fourth-order valence-corrected chi connectivity index (χ4v) is 2.12. The third kappa shape index (κ3) is 6.53. The first-order chi connectivity index (χ1) is 9.35. The summed E-state index contributed by atoms with van der Waals surface area (Å²) in [5.41, 5.74) is -0.0333. The number of thiophene rings is 1. The number of amides is 1. The van der Waals surface area contributed by atoms with E-state index in [1.807, 2.05) is 0 Å². The van der Waals surface area contributed by atoms with Gasteiger partial charge in [0, 0.05) is 12.0 Å². The highest BCUT2D eigenvalue weighted by atomic mass is 32.1. The fourth-order valence-electron chi connectivity index (χ4n) is 1.24. The molecule has 1 heterocycles. The van der Waals surface area contributed by atoms with E-state index in [4.69, 9.17) is 14.6 Å². The van der Waals surface area contributed by atoms with Gasteiger partial charge in [0.15, 0.2) is 11.3 Å². The van der Waals surface area contributed by atoms with Crippen LogP contribution in [0.1, 0.15) is 36.0 Å². The van der Waals surface area contributed by atoms with Crippen molar-refractivity contribution in [1.82, 2.24) is 5.32 Å². The van der Waals surface area contributed by atoms with E-state index in [0.29, 0.717) is 17.2 Å². The fraction of sp³-hybridized carbons (Fsp3) is 0.538. The predicted octanol–water partition coefficient (Wildman–Crippen LogP) is 2.20. The number of carbonyl (C=O) groups excluding carboxylic acids is 2. The highest BCUT2D eigenvalue weighted by Crippen LogP contribution is 2.28. The number of carbonyl (C=O) groups is 2. The molecule has 1 aromatic heterocycles. The second-order valence-corrected chi connectivity index (χ2v) is 5.73. The molecule has 1 amide bonds. The molecule has 7 heteroatoms. The molecule has 2 N–H and O–H groups in total. The van der Waals surface area contributed by atoms with E-state index in [1.54, 1.807) is 26.8 Å². The number of rotatable bonds is 4. The van der Waals surface area contributed by atoms with Gasteiger partial charge >= 0.3 is 6.09 Å². The lowest BCUT2D eigenvalue weighted by Gasteiger charge is -2.19. The summed E-state index contributed by atoms with van der Waals surface area (Å²) >= 11 is 1.32. The van der Waals surface area contributed by atoms with Crippen LogP contribution in [0.5, 0.6) is 5.06 Å². The molecule has 0 unspecified atom stereocenters. The minimum Gasteiger partial charge on any atom is -0.487 e. The van der Waals surface area contributed by atoms with E-state index in [9.17, 15) is 9.59 Å². The Morgan fingerprint density at radius 1 is 1.45 bits per heavy atom. The van der Waals surface area contributed by atoms with E-state index in [2.05, 4.69) is 5.32 Å². The third-order valence-electron chi connectivity index (χ3n) is 1.89. The van der Waals surface area contributed by atoms with Gasteiger partial charge in [-0.25, -0.2) is 4.79 Å². The van der Waals surface area contributed by atoms with Gasteiger partial charge in [0.1, 0.15) is 5.60 Å². The molecule has 0 spiro atoms. The summed E-state index contributed by atoms with van der Waals surface area (Å²) in [6.45, 7) is 5.70. The Hall–Kier alpha value is -1.60. The summed E-state index contributed by atoms with van der Waals surface area (Å²) in [6.07, 6.45) is 0.245. The van der Waals surface area contributed by atoms with Gasteiger partial charge in [-0.2, -0.15) is 0 Å². The maximum Gasteiger partial charge on any atom is 0.407 e. The molecule has 0 fully saturated rings. The third-order valence-corrected chi connectivity index (χ3v) is 3.01. The van der Waals surface area contributed by atoms with Gasteiger partial charge in [0.05, 0.1) is 19.2 Å². The van der Waals surface area contributed by atoms with Crippen molar-refractivity contribution in [2.75, 3.05) is 14.2 Å². The molecule has 0 aromatic carbocycles. The molecule has 0 aliphatic carbocycles. The number of ether oxygens (including phenoxy) is 2. The smallest absolute Gasteiger partial charge is 0.407 e. The summed E-state index contributed by atoms with van der Waals surface area (Å²) in [7, 11) is 2.50. The van der Waals surface area contributed by atoms with Crippen molar-refractivity contribution in [1.29, 1.82) is 0 Å². The van der Waals surface area contributed by atoms with Crippen molar-refractivity contribution in [2.24, 2.45) is 0 Å². The Morgan fingerprint density at radius 3 is 2.45 bits per heavy atom. The molecule has 0 bridgehead atoms. The van der Waals surface area contributed by atoms with E-state index < -0.39 is 11.7 Å². The summed E-state index contributed by atoms with van der Waals surface area (Å²) < 4.78 is 10.2. The number of aliphatic hydroxyl groups excluding tert-OH is 1. The van der Waals surface area contributed by atoms with Crippen LogP contribution in [0.3, 0.4) is 0 Å². The van der Waals surface area contributed by atoms with Crippen LogP contribution in [0.15, 0.2) is 6.07 Å². The summed E-state index contributed by atoms with van der Waals surface area (Å²) in [6, 6.07) is 1.69. The Balaban J connectivity index is 0.00000172. The van der Waals surface area contributed by atoms with E-state index in [-0.39, 0.29) is 0 Å². The van der Waals surface area contributed by atoms with Crippen LogP contribution in [-0.4, -0.2) is 37.3 Å². The number of nitrogens with one attached hydrogen (secondary N) is 1. The van der Waals surface area contributed by atoms with Gasteiger partial charge in [-0.05, 0) is 26.8 Å². The van der Waals surface area contributed by atoms with Crippen molar-refractivity contribution in [3.05, 3.63) is 16.5 Å². The minimum atomic E-state index is -0.523. The van der Waals surface area contributed by atoms with Crippen LogP contribution in [0, 0.1) is 0 Å². The molecule has 114 valence electrons. The number of hydrogen-bond donors (Lipinski definition) is 2. The van der Waals surface area contributed by atoms with Crippen LogP contribution in [0.2, 0.25) is 0 Å². The molecule has 0 atom stereocenters. The zero-order valence-corrected chi connectivity index (χ0v) is 13.2. The Morgan fingerprint density at radius 2 is 2.05 bits per heavy atom. The maximum absolute atomic E-state index is 11.4. The first-order valence-corrected chi connectivity index (χ1v) is 6.71. The normalized spacial score (nSPS) is 10.1. The highest BCUT2D eigenvalue weighted by Gasteiger charge is 2.16. The lowest BCUT2D eigenvalue weighted by molar-refractivity contribution is 0.0524. The first kappa shape index (κ1) is 18.4. The number of aldehydes is 1. The highest BCUT2D eigenvalue weighted by molar-refractivity contribution is 7.14. The van der Waals surface area contributed by atoms with E-state index in [1.165, 1.54) is 18.4 Å². The summed E-state index contributed by atoms with van der Waals surface area (Å²) in [4.78, 5) is 23.0. The van der Waals surface area contributed by atoms with Gasteiger partial charge in [0.2, 0.25) is 0 Å². The molecule has 0 aliphatic rings. The number of methoxy groups -OCH3 is 1. The average molecular weight is 303 g/mol. The number of alkyl carbamates (subject to hydrolysis) is 1. The van der Waals surface area contributed by atoms with E-state index in [0.717, 1.165) is 18.3 Å². The standard InChI is InChI=1S/C12H17NO4S.CH4O/c1-12(2,3)17-11(15)13-6-9-5-8(7-14)10(16-4)18-9;1-2/h5,7H,6H2,1-4H3,(H,13,15);2H,1H3. The van der Waals surface area contributed by atoms with Crippen LogP contribution in [-0.2, 0) is 11.3 Å². The monoisotopic (exact) mass is 303 g/mol. The Bertz CT molecular complexity index is 436. The number of aliphatic hydroxyl groups is 1. The van der Waals surface area contributed by atoms with Crippen LogP contribution in [0.4, 0.5) is 4.79 Å². The molecule has 1 rings (SSSR count). The molecule has 0 saturated carbocycles. The summed E-state index contributed by atoms with van der Waals surface area (Å²) in [5, 5.41) is 10.2. The summed E-state index contributed by atoms with van der Waals surface area (Å²) in [5.74, 6) is 0. The van der Waals surface area contributed by atoms with Gasteiger partial charge in [0.25, 0.3) is 0 Å². The second kappa shape index (κ2) is 8.55. The zero-order chi connectivity index (χ0) is 15.8. The van der Waals surface area contributed by atoms with Crippen LogP contribution < -0.4 is 10.1 Å².